The van der Waals surface area contributed by atoms with Crippen LogP contribution in [-0.2, 0) is 10.0 Å². The molecule has 0 bridgehead atoms. The highest BCUT2D eigenvalue weighted by atomic mass is 32.2. The van der Waals surface area contributed by atoms with Gasteiger partial charge in [-0.25, -0.2) is 8.42 Å². The lowest BCUT2D eigenvalue weighted by Gasteiger charge is -2.30. The zero-order valence-corrected chi connectivity index (χ0v) is 12.0. The molecule has 0 saturated heterocycles. The molecule has 0 aromatic carbocycles. The lowest BCUT2D eigenvalue weighted by molar-refractivity contribution is 0.307. The molecule has 0 aliphatic heterocycles. The molecule has 0 amide bonds. The second kappa shape index (κ2) is 5.57. The Labute approximate surface area is 112 Å². The quantitative estimate of drug-likeness (QED) is 0.259. The molecule has 1 rings (SSSR count). The summed E-state index contributed by atoms with van der Waals surface area (Å²) in [7, 11) is -3.80. The molecule has 0 aliphatic carbocycles. The number of oxime groups is 1. The Morgan fingerprint density at radius 3 is 2.53 bits per heavy atom. The number of rotatable bonds is 6. The summed E-state index contributed by atoms with van der Waals surface area (Å²) in [6.07, 6.45) is 1.94. The summed E-state index contributed by atoms with van der Waals surface area (Å²) in [5.74, 6) is -0.165. The van der Waals surface area contributed by atoms with Gasteiger partial charge in [0.2, 0.25) is 10.0 Å². The van der Waals surface area contributed by atoms with Crippen LogP contribution in [0.2, 0.25) is 0 Å². The Hall–Kier alpha value is -1.61. The maximum Gasteiger partial charge on any atom is 0.244 e. The average molecular weight is 289 g/mol. The molecule has 0 fully saturated rings. The average Bonchev–Trinajstić information content (AvgIpc) is 2.82. The van der Waals surface area contributed by atoms with Gasteiger partial charge in [-0.3, -0.25) is 5.10 Å². The minimum atomic E-state index is -3.80. The van der Waals surface area contributed by atoms with E-state index in [-0.39, 0.29) is 10.7 Å². The van der Waals surface area contributed by atoms with Crippen LogP contribution in [0.3, 0.4) is 0 Å². The molecule has 0 spiro atoms. The largest absolute Gasteiger partial charge is 0.409 e. The molecule has 1 aromatic heterocycles. The number of aryl methyl sites for hydroxylation is 1. The van der Waals surface area contributed by atoms with E-state index in [0.717, 1.165) is 0 Å². The summed E-state index contributed by atoms with van der Waals surface area (Å²) in [5.41, 5.74) is 4.93. The van der Waals surface area contributed by atoms with Crippen molar-refractivity contribution in [1.29, 1.82) is 0 Å². The van der Waals surface area contributed by atoms with E-state index < -0.39 is 15.6 Å². The number of nitrogens with zero attached hydrogens (tertiary/aromatic N) is 2. The molecule has 0 saturated carbocycles. The van der Waals surface area contributed by atoms with Crippen molar-refractivity contribution in [2.45, 2.75) is 44.0 Å². The number of amidine groups is 1. The fraction of sp³-hybridized carbons (Fsp3) is 0.600. The van der Waals surface area contributed by atoms with Gasteiger partial charge in [0.15, 0.2) is 5.84 Å². The van der Waals surface area contributed by atoms with Crippen LogP contribution in [0.1, 0.15) is 32.4 Å². The van der Waals surface area contributed by atoms with Crippen molar-refractivity contribution in [3.05, 3.63) is 11.9 Å². The molecule has 19 heavy (non-hydrogen) atoms. The minimum absolute atomic E-state index is 0.0458. The normalized spacial score (nSPS) is 13.7. The Balaban J connectivity index is 3.21. The first-order valence-corrected chi connectivity index (χ1v) is 7.33. The molecule has 9 heteroatoms. The monoisotopic (exact) mass is 289 g/mol. The van der Waals surface area contributed by atoms with Crippen molar-refractivity contribution in [3.63, 3.8) is 0 Å². The molecular weight excluding hydrogens is 270 g/mol. The van der Waals surface area contributed by atoms with E-state index >= 15 is 0 Å². The first-order valence-electron chi connectivity index (χ1n) is 5.85. The van der Waals surface area contributed by atoms with Crippen molar-refractivity contribution < 1.29 is 13.6 Å². The second-order valence-electron chi connectivity index (χ2n) is 4.24. The second-order valence-corrected chi connectivity index (χ2v) is 5.89. The van der Waals surface area contributed by atoms with E-state index in [2.05, 4.69) is 20.1 Å². The highest BCUT2D eigenvalue weighted by Gasteiger charge is 2.37. The van der Waals surface area contributed by atoms with E-state index in [1.165, 1.54) is 6.20 Å². The van der Waals surface area contributed by atoms with Crippen molar-refractivity contribution >= 4 is 15.9 Å². The van der Waals surface area contributed by atoms with Crippen LogP contribution in [-0.4, -0.2) is 35.2 Å². The molecule has 1 heterocycles. The third kappa shape index (κ3) is 2.87. The summed E-state index contributed by atoms with van der Waals surface area (Å²) < 4.78 is 27.1. The predicted octanol–water partition coefficient (Wildman–Crippen LogP) is 0.302. The lowest BCUT2D eigenvalue weighted by atomic mass is 9.93. The number of H-pyrrole nitrogens is 1. The Bertz CT molecular complexity index is 559. The van der Waals surface area contributed by atoms with Gasteiger partial charge in [0.1, 0.15) is 4.90 Å². The fourth-order valence-electron chi connectivity index (χ4n) is 1.83. The summed E-state index contributed by atoms with van der Waals surface area (Å²) >= 11 is 0. The molecule has 0 atom stereocenters. The van der Waals surface area contributed by atoms with Gasteiger partial charge >= 0.3 is 0 Å². The van der Waals surface area contributed by atoms with E-state index in [1.54, 1.807) is 20.8 Å². The highest BCUT2D eigenvalue weighted by molar-refractivity contribution is 7.89. The topological polar surface area (TPSA) is 133 Å². The Morgan fingerprint density at radius 2 is 2.16 bits per heavy atom. The summed E-state index contributed by atoms with van der Waals surface area (Å²) in [6.45, 7) is 5.11. The van der Waals surface area contributed by atoms with Crippen molar-refractivity contribution in [2.24, 2.45) is 10.9 Å². The molecule has 0 unspecified atom stereocenters. The molecule has 0 radical (unpaired) electrons. The van der Waals surface area contributed by atoms with Crippen LogP contribution in [0.25, 0.3) is 0 Å². The molecule has 1 aromatic rings. The van der Waals surface area contributed by atoms with Gasteiger partial charge in [0.05, 0.1) is 17.4 Å². The number of hydrogen-bond donors (Lipinski definition) is 4. The smallest absolute Gasteiger partial charge is 0.244 e. The standard InChI is InChI=1S/C10H19N5O3S/c1-4-10(5-2,9(11)14-16)15-19(17,18)8-6-12-13-7(8)3/h6,15-16H,4-5H2,1-3H3,(H2,11,14)(H,12,13). The molecular formula is C10H19N5O3S. The van der Waals surface area contributed by atoms with E-state index in [1.807, 2.05) is 0 Å². The van der Waals surface area contributed by atoms with Gasteiger partial charge in [-0.05, 0) is 19.8 Å². The van der Waals surface area contributed by atoms with Gasteiger partial charge in [0, 0.05) is 0 Å². The first kappa shape index (κ1) is 15.4. The van der Waals surface area contributed by atoms with Crippen LogP contribution in [0.4, 0.5) is 0 Å². The zero-order chi connectivity index (χ0) is 14.7. The van der Waals surface area contributed by atoms with Crippen LogP contribution in [0, 0.1) is 6.92 Å². The van der Waals surface area contributed by atoms with Crippen LogP contribution in [0.5, 0.6) is 0 Å². The van der Waals surface area contributed by atoms with Crippen LogP contribution < -0.4 is 10.5 Å². The molecule has 5 N–H and O–H groups in total. The summed E-state index contributed by atoms with van der Waals surface area (Å²) in [6, 6.07) is 0. The van der Waals surface area contributed by atoms with E-state index in [4.69, 9.17) is 10.9 Å². The van der Waals surface area contributed by atoms with Crippen molar-refractivity contribution in [1.82, 2.24) is 14.9 Å². The number of hydrogen-bond acceptors (Lipinski definition) is 5. The summed E-state index contributed by atoms with van der Waals surface area (Å²) in [4.78, 5) is 0.0458. The Morgan fingerprint density at radius 1 is 1.58 bits per heavy atom. The Kier molecular flexibility index (Phi) is 4.53. The van der Waals surface area contributed by atoms with Crippen LogP contribution >= 0.6 is 0 Å². The third-order valence-corrected chi connectivity index (χ3v) is 4.86. The van der Waals surface area contributed by atoms with E-state index in [0.29, 0.717) is 18.5 Å². The van der Waals surface area contributed by atoms with Gasteiger partial charge in [0.25, 0.3) is 0 Å². The highest BCUT2D eigenvalue weighted by Crippen LogP contribution is 2.21. The maximum absolute atomic E-state index is 12.3. The van der Waals surface area contributed by atoms with Crippen molar-refractivity contribution in [3.8, 4) is 0 Å². The SMILES string of the molecule is CCC(CC)(NS(=O)(=O)c1cn[nH]c1C)/C(N)=N/O. The first-order chi connectivity index (χ1) is 8.83. The number of nitrogens with two attached hydrogens (primary N) is 1. The number of aromatic nitrogens is 2. The van der Waals surface area contributed by atoms with Gasteiger partial charge in [-0.2, -0.15) is 9.82 Å². The van der Waals surface area contributed by atoms with Crippen LogP contribution in [0.15, 0.2) is 16.2 Å². The number of nitrogens with one attached hydrogen (secondary N) is 2. The molecule has 8 nitrogen and oxygen atoms in total. The fourth-order valence-corrected chi connectivity index (χ4v) is 3.49. The van der Waals surface area contributed by atoms with Gasteiger partial charge in [-0.15, -0.1) is 0 Å². The minimum Gasteiger partial charge on any atom is -0.409 e. The number of sulfonamides is 1. The van der Waals surface area contributed by atoms with E-state index in [9.17, 15) is 8.42 Å². The molecule has 0 aliphatic rings. The van der Waals surface area contributed by atoms with Gasteiger partial charge in [-0.1, -0.05) is 19.0 Å². The number of aromatic amines is 1. The zero-order valence-electron chi connectivity index (χ0n) is 11.1. The third-order valence-electron chi connectivity index (χ3n) is 3.21. The van der Waals surface area contributed by atoms with Gasteiger partial charge < -0.3 is 10.9 Å². The molecule has 108 valence electrons. The predicted molar refractivity (Wildman–Crippen MR) is 70.4 cm³/mol. The van der Waals surface area contributed by atoms with Crippen molar-refractivity contribution in [2.75, 3.05) is 0 Å². The summed E-state index contributed by atoms with van der Waals surface area (Å²) in [5, 5.41) is 18.0. The lowest BCUT2D eigenvalue weighted by Crippen LogP contribution is -2.56. The maximum atomic E-state index is 12.3.